The van der Waals surface area contributed by atoms with Crippen LogP contribution in [-0.2, 0) is 22.5 Å². The highest BCUT2D eigenvalue weighted by Gasteiger charge is 2.07. The maximum absolute atomic E-state index is 11.4. The summed E-state index contributed by atoms with van der Waals surface area (Å²) in [5, 5.41) is 0. The number of hydrogen-bond acceptors (Lipinski definition) is 2. The molecule has 0 bridgehead atoms. The van der Waals surface area contributed by atoms with Gasteiger partial charge in [-0.3, -0.25) is 14.1 Å². The van der Waals surface area contributed by atoms with Gasteiger partial charge >= 0.3 is 0 Å². The Balaban J connectivity index is 2.51. The van der Waals surface area contributed by atoms with Crippen LogP contribution < -0.4 is 4.72 Å². The minimum atomic E-state index is -2.04. The lowest BCUT2D eigenvalue weighted by Gasteiger charge is -2.05. The third-order valence-electron chi connectivity index (χ3n) is 2.46. The van der Waals surface area contributed by atoms with E-state index in [4.69, 9.17) is 4.55 Å². The molecular formula is C12H17NO3S. The molecule has 0 saturated heterocycles. The lowest BCUT2D eigenvalue weighted by molar-refractivity contribution is -0.121. The summed E-state index contributed by atoms with van der Waals surface area (Å²) in [6.45, 7) is 3.79. The van der Waals surface area contributed by atoms with Gasteiger partial charge in [-0.25, -0.2) is 4.21 Å². The second kappa shape index (κ2) is 6.51. The first-order valence-electron chi connectivity index (χ1n) is 5.48. The van der Waals surface area contributed by atoms with Crippen molar-refractivity contribution in [3.05, 3.63) is 29.8 Å². The van der Waals surface area contributed by atoms with E-state index in [1.165, 1.54) is 0 Å². The number of Topliss-reactive ketones (excluding diaryl/α,β-unsaturated/α-hetero) is 1. The lowest BCUT2D eigenvalue weighted by atomic mass is 10.0. The molecular weight excluding hydrogens is 238 g/mol. The van der Waals surface area contributed by atoms with E-state index in [2.05, 4.69) is 4.72 Å². The van der Waals surface area contributed by atoms with Gasteiger partial charge in [-0.15, -0.1) is 0 Å². The van der Waals surface area contributed by atoms with Gasteiger partial charge in [-0.1, -0.05) is 26.0 Å². The molecule has 4 nitrogen and oxygen atoms in total. The SMILES string of the molecule is CC(C)C(=O)CCc1ccc(NS(=O)O)cc1. The zero-order valence-corrected chi connectivity index (χ0v) is 10.8. The Morgan fingerprint density at radius 1 is 1.35 bits per heavy atom. The summed E-state index contributed by atoms with van der Waals surface area (Å²) >= 11 is -2.04. The van der Waals surface area contributed by atoms with Crippen molar-refractivity contribution in [1.82, 2.24) is 0 Å². The molecule has 0 amide bonds. The van der Waals surface area contributed by atoms with Gasteiger partial charge in [0, 0.05) is 18.0 Å². The number of nitrogens with one attached hydrogen (secondary N) is 1. The molecule has 1 rings (SSSR count). The number of ketones is 1. The largest absolute Gasteiger partial charge is 0.299 e. The van der Waals surface area contributed by atoms with Gasteiger partial charge < -0.3 is 0 Å². The van der Waals surface area contributed by atoms with Crippen molar-refractivity contribution in [3.63, 3.8) is 0 Å². The molecule has 17 heavy (non-hydrogen) atoms. The summed E-state index contributed by atoms with van der Waals surface area (Å²) in [5.41, 5.74) is 1.64. The molecule has 94 valence electrons. The number of anilines is 1. The molecule has 1 unspecified atom stereocenters. The second-order valence-electron chi connectivity index (χ2n) is 4.17. The Hall–Kier alpha value is -1.20. The molecule has 2 N–H and O–H groups in total. The van der Waals surface area contributed by atoms with Crippen molar-refractivity contribution < 1.29 is 13.6 Å². The van der Waals surface area contributed by atoms with Gasteiger partial charge in [0.05, 0.1) is 0 Å². The minimum absolute atomic E-state index is 0.0766. The fourth-order valence-corrected chi connectivity index (χ4v) is 1.73. The smallest absolute Gasteiger partial charge is 0.259 e. The molecule has 0 aliphatic heterocycles. The Morgan fingerprint density at radius 3 is 2.41 bits per heavy atom. The maximum atomic E-state index is 11.4. The standard InChI is InChI=1S/C12H17NO3S/c1-9(2)12(14)8-5-10-3-6-11(7-4-10)13-17(15)16/h3-4,6-7,9,13H,5,8H2,1-2H3,(H,15,16). The Labute approximate surface area is 104 Å². The predicted octanol–water partition coefficient (Wildman–Crippen LogP) is 2.39. The van der Waals surface area contributed by atoms with E-state index in [0.29, 0.717) is 18.5 Å². The zero-order chi connectivity index (χ0) is 12.8. The molecule has 0 fully saturated rings. The normalized spacial score (nSPS) is 12.5. The predicted molar refractivity (Wildman–Crippen MR) is 69.0 cm³/mol. The third-order valence-corrected chi connectivity index (χ3v) is 2.87. The van der Waals surface area contributed by atoms with Gasteiger partial charge in [0.2, 0.25) is 0 Å². The number of hydrogen-bond donors (Lipinski definition) is 2. The average molecular weight is 255 g/mol. The van der Waals surface area contributed by atoms with Crippen molar-refractivity contribution in [1.29, 1.82) is 0 Å². The van der Waals surface area contributed by atoms with Crippen LogP contribution in [0.1, 0.15) is 25.8 Å². The molecule has 0 aliphatic carbocycles. The Kier molecular flexibility index (Phi) is 5.31. The van der Waals surface area contributed by atoms with Crippen molar-refractivity contribution in [2.24, 2.45) is 5.92 Å². The fourth-order valence-electron chi connectivity index (χ4n) is 1.40. The summed E-state index contributed by atoms with van der Waals surface area (Å²) < 4.78 is 21.5. The molecule has 1 aromatic rings. The highest BCUT2D eigenvalue weighted by molar-refractivity contribution is 7.80. The molecule has 1 aromatic carbocycles. The van der Waals surface area contributed by atoms with Crippen LogP contribution in [-0.4, -0.2) is 14.5 Å². The van der Waals surface area contributed by atoms with Gasteiger partial charge in [0.15, 0.2) is 0 Å². The van der Waals surface area contributed by atoms with E-state index >= 15 is 0 Å². The van der Waals surface area contributed by atoms with Crippen LogP contribution in [0.4, 0.5) is 5.69 Å². The third kappa shape index (κ3) is 5.10. The monoisotopic (exact) mass is 255 g/mol. The Bertz CT molecular complexity index is 401. The van der Waals surface area contributed by atoms with E-state index in [9.17, 15) is 9.00 Å². The van der Waals surface area contributed by atoms with Crippen LogP contribution in [0.5, 0.6) is 0 Å². The summed E-state index contributed by atoms with van der Waals surface area (Å²) in [4.78, 5) is 11.4. The molecule has 0 aliphatic rings. The molecule has 5 heteroatoms. The van der Waals surface area contributed by atoms with Crippen LogP contribution in [0.2, 0.25) is 0 Å². The number of benzene rings is 1. The van der Waals surface area contributed by atoms with E-state index in [-0.39, 0.29) is 11.7 Å². The number of carbonyl (C=O) groups excluding carboxylic acids is 1. The summed E-state index contributed by atoms with van der Waals surface area (Å²) in [7, 11) is 0. The molecule has 0 heterocycles. The van der Waals surface area contributed by atoms with Crippen LogP contribution in [0.3, 0.4) is 0 Å². The van der Waals surface area contributed by atoms with Crippen LogP contribution in [0.25, 0.3) is 0 Å². The molecule has 1 atom stereocenters. The Morgan fingerprint density at radius 2 is 1.94 bits per heavy atom. The van der Waals surface area contributed by atoms with Crippen molar-refractivity contribution in [2.75, 3.05) is 4.72 Å². The lowest BCUT2D eigenvalue weighted by Crippen LogP contribution is -2.07. The van der Waals surface area contributed by atoms with E-state index in [1.807, 2.05) is 26.0 Å². The van der Waals surface area contributed by atoms with Gasteiger partial charge in [-0.05, 0) is 24.1 Å². The van der Waals surface area contributed by atoms with E-state index in [1.54, 1.807) is 12.1 Å². The first-order chi connectivity index (χ1) is 7.99. The molecule has 0 radical (unpaired) electrons. The first-order valence-corrected chi connectivity index (χ1v) is 6.59. The van der Waals surface area contributed by atoms with Crippen LogP contribution in [0.15, 0.2) is 24.3 Å². The highest BCUT2D eigenvalue weighted by Crippen LogP contribution is 2.12. The molecule has 0 spiro atoms. The number of rotatable bonds is 6. The van der Waals surface area contributed by atoms with E-state index < -0.39 is 11.3 Å². The topological polar surface area (TPSA) is 66.4 Å². The van der Waals surface area contributed by atoms with E-state index in [0.717, 1.165) is 5.56 Å². The average Bonchev–Trinajstić information content (AvgIpc) is 2.26. The van der Waals surface area contributed by atoms with Gasteiger partial charge in [-0.2, -0.15) is 0 Å². The van der Waals surface area contributed by atoms with Gasteiger partial charge in [0.1, 0.15) is 5.78 Å². The quantitative estimate of drug-likeness (QED) is 0.767. The van der Waals surface area contributed by atoms with Crippen LogP contribution in [0, 0.1) is 5.92 Å². The highest BCUT2D eigenvalue weighted by atomic mass is 32.2. The van der Waals surface area contributed by atoms with Crippen molar-refractivity contribution in [2.45, 2.75) is 26.7 Å². The first kappa shape index (κ1) is 13.9. The summed E-state index contributed by atoms with van der Waals surface area (Å²) in [6.07, 6.45) is 1.25. The maximum Gasteiger partial charge on any atom is 0.259 e. The summed E-state index contributed by atoms with van der Waals surface area (Å²) in [6, 6.07) is 7.15. The molecule has 0 saturated carbocycles. The van der Waals surface area contributed by atoms with Crippen molar-refractivity contribution in [3.8, 4) is 0 Å². The number of carbonyl (C=O) groups is 1. The van der Waals surface area contributed by atoms with Crippen LogP contribution >= 0.6 is 0 Å². The molecule has 0 aromatic heterocycles. The van der Waals surface area contributed by atoms with Gasteiger partial charge in [0.25, 0.3) is 11.3 Å². The minimum Gasteiger partial charge on any atom is -0.299 e. The number of aryl methyl sites for hydroxylation is 1. The summed E-state index contributed by atoms with van der Waals surface area (Å²) in [5.74, 6) is 0.330. The van der Waals surface area contributed by atoms with Crippen molar-refractivity contribution >= 4 is 22.7 Å². The second-order valence-corrected chi connectivity index (χ2v) is 4.87. The zero-order valence-electron chi connectivity index (χ0n) is 9.97. The fraction of sp³-hybridized carbons (Fsp3) is 0.417.